The van der Waals surface area contributed by atoms with Gasteiger partial charge in [-0.1, -0.05) is 30.3 Å². The lowest BCUT2D eigenvalue weighted by atomic mass is 10.1. The highest BCUT2D eigenvalue weighted by atomic mass is 16.5. The molecular formula is C25H23N3O. The van der Waals surface area contributed by atoms with E-state index in [9.17, 15) is 0 Å². The molecule has 3 aromatic carbocycles. The van der Waals surface area contributed by atoms with Crippen molar-refractivity contribution in [2.45, 2.75) is 19.3 Å². The number of fused-ring (bicyclic) bond motifs is 1. The van der Waals surface area contributed by atoms with Crippen molar-refractivity contribution in [3.8, 4) is 23.0 Å². The van der Waals surface area contributed by atoms with Gasteiger partial charge in [0.05, 0.1) is 10.9 Å². The Balaban J connectivity index is 1.51. The van der Waals surface area contributed by atoms with E-state index in [2.05, 4.69) is 29.2 Å². The first-order chi connectivity index (χ1) is 14.4. The third-order valence-electron chi connectivity index (χ3n) is 5.37. The molecular weight excluding hydrogens is 358 g/mol. The summed E-state index contributed by atoms with van der Waals surface area (Å²) in [4.78, 5) is 12.0. The molecule has 144 valence electrons. The molecule has 0 saturated carbocycles. The fraction of sp³-hybridized carbons (Fsp3) is 0.200. The molecule has 0 aliphatic carbocycles. The number of benzene rings is 3. The monoisotopic (exact) mass is 381 g/mol. The summed E-state index contributed by atoms with van der Waals surface area (Å²) in [5.41, 5.74) is 3.15. The molecule has 0 amide bonds. The van der Waals surface area contributed by atoms with E-state index in [1.54, 1.807) is 0 Å². The van der Waals surface area contributed by atoms with E-state index in [0.717, 1.165) is 35.3 Å². The molecule has 2 heterocycles. The minimum absolute atomic E-state index is 0.580. The minimum atomic E-state index is 0.580. The zero-order valence-electron chi connectivity index (χ0n) is 16.3. The molecule has 4 nitrogen and oxygen atoms in total. The van der Waals surface area contributed by atoms with Crippen molar-refractivity contribution in [2.24, 2.45) is 0 Å². The molecule has 4 aromatic rings. The second kappa shape index (κ2) is 7.92. The highest BCUT2D eigenvalue weighted by Gasteiger charge is 2.13. The van der Waals surface area contributed by atoms with Gasteiger partial charge in [-0.2, -0.15) is 4.98 Å². The molecule has 1 aromatic heterocycles. The van der Waals surface area contributed by atoms with Crippen molar-refractivity contribution < 1.29 is 4.74 Å². The average molecular weight is 381 g/mol. The molecule has 5 rings (SSSR count). The normalized spacial score (nSPS) is 14.1. The number of aromatic nitrogens is 2. The van der Waals surface area contributed by atoms with E-state index in [-0.39, 0.29) is 0 Å². The van der Waals surface area contributed by atoms with Gasteiger partial charge in [-0.25, -0.2) is 4.98 Å². The molecule has 1 aliphatic heterocycles. The number of para-hydroxylation sites is 2. The molecule has 0 bridgehead atoms. The van der Waals surface area contributed by atoms with E-state index in [4.69, 9.17) is 14.7 Å². The number of piperidine rings is 1. The first-order valence-corrected chi connectivity index (χ1v) is 10.2. The Morgan fingerprint density at radius 1 is 0.690 bits per heavy atom. The van der Waals surface area contributed by atoms with Crippen LogP contribution in [0.15, 0.2) is 78.9 Å². The number of hydrogen-bond acceptors (Lipinski definition) is 4. The van der Waals surface area contributed by atoms with E-state index < -0.39 is 0 Å². The van der Waals surface area contributed by atoms with Gasteiger partial charge in [-0.05, 0) is 67.8 Å². The Morgan fingerprint density at radius 3 is 2.21 bits per heavy atom. The van der Waals surface area contributed by atoms with Crippen LogP contribution in [-0.2, 0) is 0 Å². The van der Waals surface area contributed by atoms with Crippen LogP contribution in [-0.4, -0.2) is 23.1 Å². The Morgan fingerprint density at radius 2 is 1.41 bits per heavy atom. The molecule has 29 heavy (non-hydrogen) atoms. The summed E-state index contributed by atoms with van der Waals surface area (Å²) in [5, 5.41) is 0.907. The molecule has 0 atom stereocenters. The van der Waals surface area contributed by atoms with Gasteiger partial charge < -0.3 is 9.64 Å². The number of ether oxygens (including phenoxy) is 1. The summed E-state index contributed by atoms with van der Waals surface area (Å²) >= 11 is 0. The lowest BCUT2D eigenvalue weighted by molar-refractivity contribution is 0.469. The van der Waals surface area contributed by atoms with Crippen molar-refractivity contribution in [2.75, 3.05) is 18.0 Å². The molecule has 1 saturated heterocycles. The fourth-order valence-corrected chi connectivity index (χ4v) is 3.83. The van der Waals surface area contributed by atoms with Crippen LogP contribution < -0.4 is 9.64 Å². The van der Waals surface area contributed by atoms with Crippen LogP contribution in [0.3, 0.4) is 0 Å². The van der Waals surface area contributed by atoms with Crippen molar-refractivity contribution in [3.05, 3.63) is 78.9 Å². The predicted octanol–water partition coefficient (Wildman–Crippen LogP) is 6.08. The average Bonchev–Trinajstić information content (AvgIpc) is 2.80. The van der Waals surface area contributed by atoms with Crippen LogP contribution in [0.25, 0.3) is 22.3 Å². The van der Waals surface area contributed by atoms with Crippen LogP contribution >= 0.6 is 0 Å². The second-order valence-corrected chi connectivity index (χ2v) is 7.38. The Hall–Kier alpha value is -3.40. The summed E-state index contributed by atoms with van der Waals surface area (Å²) in [6, 6.07) is 26.3. The first-order valence-electron chi connectivity index (χ1n) is 10.2. The number of hydrogen-bond donors (Lipinski definition) is 0. The Kier molecular flexibility index (Phi) is 4.83. The molecule has 0 unspecified atom stereocenters. The highest BCUT2D eigenvalue weighted by Crippen LogP contribution is 2.31. The third kappa shape index (κ3) is 3.79. The maximum atomic E-state index is 6.11. The molecule has 1 fully saturated rings. The first kappa shape index (κ1) is 17.7. The maximum absolute atomic E-state index is 6.11. The molecule has 0 radical (unpaired) electrons. The minimum Gasteiger partial charge on any atom is -0.438 e. The van der Waals surface area contributed by atoms with Crippen LogP contribution in [0.4, 0.5) is 5.69 Å². The van der Waals surface area contributed by atoms with Crippen molar-refractivity contribution in [3.63, 3.8) is 0 Å². The van der Waals surface area contributed by atoms with Gasteiger partial charge >= 0.3 is 0 Å². The number of anilines is 1. The molecule has 0 N–H and O–H groups in total. The molecule has 4 heteroatoms. The standard InChI is InChI=1S/C25H23N3O/c1-3-9-21(10-4-1)29-25-22-11-5-6-12-23(22)26-24(27-25)19-13-15-20(16-14-19)28-17-7-2-8-18-28/h1,3-6,9-16H,2,7-8,17-18H2. The summed E-state index contributed by atoms with van der Waals surface area (Å²) < 4.78 is 6.11. The Bertz CT molecular complexity index is 1100. The lowest BCUT2D eigenvalue weighted by Crippen LogP contribution is -2.29. The quantitative estimate of drug-likeness (QED) is 0.429. The van der Waals surface area contributed by atoms with Crippen LogP contribution in [0.5, 0.6) is 11.6 Å². The highest BCUT2D eigenvalue weighted by molar-refractivity contribution is 5.85. The second-order valence-electron chi connectivity index (χ2n) is 7.38. The molecule has 1 aliphatic rings. The zero-order valence-corrected chi connectivity index (χ0v) is 16.3. The summed E-state index contributed by atoms with van der Waals surface area (Å²) in [7, 11) is 0. The zero-order chi connectivity index (χ0) is 19.5. The van der Waals surface area contributed by atoms with E-state index >= 15 is 0 Å². The maximum Gasteiger partial charge on any atom is 0.230 e. The predicted molar refractivity (Wildman–Crippen MR) is 118 cm³/mol. The molecule has 0 spiro atoms. The summed E-state index contributed by atoms with van der Waals surface area (Å²) in [6.07, 6.45) is 3.88. The van der Waals surface area contributed by atoms with Crippen LogP contribution in [0.2, 0.25) is 0 Å². The smallest absolute Gasteiger partial charge is 0.230 e. The largest absolute Gasteiger partial charge is 0.438 e. The summed E-state index contributed by atoms with van der Waals surface area (Å²) in [6.45, 7) is 2.28. The van der Waals surface area contributed by atoms with Gasteiger partial charge in [0.25, 0.3) is 0 Å². The fourth-order valence-electron chi connectivity index (χ4n) is 3.83. The van der Waals surface area contributed by atoms with Crippen molar-refractivity contribution in [1.82, 2.24) is 9.97 Å². The van der Waals surface area contributed by atoms with Gasteiger partial charge in [-0.3, -0.25) is 0 Å². The van der Waals surface area contributed by atoms with Gasteiger partial charge in [0.1, 0.15) is 5.75 Å². The van der Waals surface area contributed by atoms with Gasteiger partial charge in [-0.15, -0.1) is 0 Å². The summed E-state index contributed by atoms with van der Waals surface area (Å²) in [5.74, 6) is 2.03. The van der Waals surface area contributed by atoms with E-state index in [1.165, 1.54) is 24.9 Å². The third-order valence-corrected chi connectivity index (χ3v) is 5.37. The topological polar surface area (TPSA) is 38.2 Å². The Labute approximate surface area is 170 Å². The van der Waals surface area contributed by atoms with E-state index in [1.807, 2.05) is 54.6 Å². The van der Waals surface area contributed by atoms with Gasteiger partial charge in [0.15, 0.2) is 5.82 Å². The number of rotatable bonds is 4. The van der Waals surface area contributed by atoms with Crippen LogP contribution in [0.1, 0.15) is 19.3 Å². The van der Waals surface area contributed by atoms with Crippen molar-refractivity contribution in [1.29, 1.82) is 0 Å². The number of nitrogens with zero attached hydrogens (tertiary/aromatic N) is 3. The van der Waals surface area contributed by atoms with Crippen LogP contribution in [0, 0.1) is 0 Å². The SMILES string of the molecule is c1ccc(Oc2nc(-c3ccc(N4CCCCC4)cc3)nc3ccccc23)cc1. The lowest BCUT2D eigenvalue weighted by Gasteiger charge is -2.28. The van der Waals surface area contributed by atoms with Gasteiger partial charge in [0, 0.05) is 24.3 Å². The van der Waals surface area contributed by atoms with E-state index in [0.29, 0.717) is 11.7 Å². The van der Waals surface area contributed by atoms with Crippen molar-refractivity contribution >= 4 is 16.6 Å². The van der Waals surface area contributed by atoms with Gasteiger partial charge in [0.2, 0.25) is 5.88 Å².